The lowest BCUT2D eigenvalue weighted by Crippen LogP contribution is -2.34. The third-order valence-electron chi connectivity index (χ3n) is 2.59. The molecule has 6 nitrogen and oxygen atoms in total. The Balaban J connectivity index is 2.36. The van der Waals surface area contributed by atoms with Crippen LogP contribution in [-0.4, -0.2) is 22.4 Å². The number of H-pyrrole nitrogens is 1. The zero-order chi connectivity index (χ0) is 12.4. The molecule has 0 saturated carbocycles. The van der Waals surface area contributed by atoms with Crippen molar-refractivity contribution >= 4 is 6.08 Å². The molecular formula is C11H14N2O4. The zero-order valence-corrected chi connectivity index (χ0v) is 9.51. The molecule has 1 aliphatic heterocycles. The van der Waals surface area contributed by atoms with E-state index in [2.05, 4.69) is 11.6 Å². The predicted octanol–water partition coefficient (Wildman–Crippen LogP) is 0.461. The summed E-state index contributed by atoms with van der Waals surface area (Å²) in [6.45, 7) is 5.73. The van der Waals surface area contributed by atoms with Gasteiger partial charge in [0.25, 0.3) is 5.56 Å². The van der Waals surface area contributed by atoms with Gasteiger partial charge in [-0.25, -0.2) is 4.79 Å². The molecule has 0 amide bonds. The molecule has 0 radical (unpaired) electrons. The third kappa shape index (κ3) is 2.22. The fourth-order valence-corrected chi connectivity index (χ4v) is 1.66. The molecule has 6 heteroatoms. The first-order valence-corrected chi connectivity index (χ1v) is 5.40. The maximum absolute atomic E-state index is 11.6. The van der Waals surface area contributed by atoms with Crippen LogP contribution in [0.5, 0.6) is 0 Å². The Hall–Kier alpha value is -1.66. The first kappa shape index (κ1) is 11.8. The molecule has 1 aromatic heterocycles. The summed E-state index contributed by atoms with van der Waals surface area (Å²) in [5.41, 5.74) is -0.633. The minimum Gasteiger partial charge on any atom is -0.348 e. The van der Waals surface area contributed by atoms with E-state index in [0.29, 0.717) is 18.6 Å². The van der Waals surface area contributed by atoms with Crippen molar-refractivity contribution in [2.24, 2.45) is 0 Å². The van der Waals surface area contributed by atoms with Crippen LogP contribution in [0.4, 0.5) is 0 Å². The van der Waals surface area contributed by atoms with Crippen LogP contribution >= 0.6 is 0 Å². The lowest BCUT2D eigenvalue weighted by Gasteiger charge is -2.12. The van der Waals surface area contributed by atoms with E-state index >= 15 is 0 Å². The van der Waals surface area contributed by atoms with Gasteiger partial charge in [0.2, 0.25) is 0 Å². The van der Waals surface area contributed by atoms with Crippen LogP contribution in [0.2, 0.25) is 0 Å². The Morgan fingerprint density at radius 1 is 1.65 bits per heavy atom. The summed E-state index contributed by atoms with van der Waals surface area (Å²) in [4.78, 5) is 25.2. The highest BCUT2D eigenvalue weighted by Gasteiger charge is 2.26. The second-order valence-electron chi connectivity index (χ2n) is 3.72. The van der Waals surface area contributed by atoms with Crippen LogP contribution in [0.25, 0.3) is 6.08 Å². The largest absolute Gasteiger partial charge is 0.348 e. The van der Waals surface area contributed by atoms with Crippen molar-refractivity contribution in [2.45, 2.75) is 25.9 Å². The van der Waals surface area contributed by atoms with Crippen molar-refractivity contribution in [2.75, 3.05) is 6.61 Å². The Kier molecular flexibility index (Phi) is 3.26. The molecule has 0 aliphatic carbocycles. The number of nitrogens with one attached hydrogen (secondary N) is 1. The van der Waals surface area contributed by atoms with E-state index in [1.807, 2.05) is 6.92 Å². The van der Waals surface area contributed by atoms with Gasteiger partial charge in [-0.1, -0.05) is 19.6 Å². The molecule has 2 rings (SSSR count). The maximum atomic E-state index is 11.6. The Morgan fingerprint density at radius 3 is 3.00 bits per heavy atom. The van der Waals surface area contributed by atoms with Gasteiger partial charge in [0, 0.05) is 6.20 Å². The lowest BCUT2D eigenvalue weighted by atomic mass is 10.3. The van der Waals surface area contributed by atoms with Crippen LogP contribution in [0.1, 0.15) is 25.1 Å². The van der Waals surface area contributed by atoms with E-state index in [4.69, 9.17) is 9.47 Å². The summed E-state index contributed by atoms with van der Waals surface area (Å²) >= 11 is 0. The molecular weight excluding hydrogens is 224 g/mol. The molecule has 0 unspecified atom stereocenters. The van der Waals surface area contributed by atoms with Crippen LogP contribution in [0.3, 0.4) is 0 Å². The second-order valence-corrected chi connectivity index (χ2v) is 3.72. The second kappa shape index (κ2) is 4.68. The van der Waals surface area contributed by atoms with Crippen molar-refractivity contribution in [3.63, 3.8) is 0 Å². The van der Waals surface area contributed by atoms with E-state index < -0.39 is 17.5 Å². The standard InChI is InChI=1S/C11H14N2O4/c1-3-7-5-13(11(15)12-10(7)14)8-6-16-9(4-2)17-8/h3,5,8-9H,1,4,6H2,2H3,(H,12,14,15)/t8-,9-/m0/s1. The molecule has 17 heavy (non-hydrogen) atoms. The van der Waals surface area contributed by atoms with Gasteiger partial charge in [-0.05, 0) is 6.42 Å². The number of aromatic amines is 1. The highest BCUT2D eigenvalue weighted by Crippen LogP contribution is 2.21. The normalized spacial score (nSPS) is 23.8. The first-order valence-electron chi connectivity index (χ1n) is 5.40. The van der Waals surface area contributed by atoms with E-state index in [0.717, 1.165) is 0 Å². The average Bonchev–Trinajstić information content (AvgIpc) is 2.78. The van der Waals surface area contributed by atoms with Gasteiger partial charge in [-0.3, -0.25) is 14.3 Å². The Bertz CT molecular complexity index is 531. The van der Waals surface area contributed by atoms with E-state index in [1.54, 1.807) is 0 Å². The molecule has 2 atom stereocenters. The van der Waals surface area contributed by atoms with Gasteiger partial charge < -0.3 is 9.47 Å². The van der Waals surface area contributed by atoms with Crippen molar-refractivity contribution in [1.82, 2.24) is 9.55 Å². The lowest BCUT2D eigenvalue weighted by molar-refractivity contribution is -0.0731. The Morgan fingerprint density at radius 2 is 2.41 bits per heavy atom. The third-order valence-corrected chi connectivity index (χ3v) is 2.59. The summed E-state index contributed by atoms with van der Waals surface area (Å²) in [5.74, 6) is 0. The molecule has 1 aliphatic rings. The minimum atomic E-state index is -0.508. The molecule has 1 N–H and O–H groups in total. The molecule has 1 aromatic rings. The molecule has 92 valence electrons. The van der Waals surface area contributed by atoms with Crippen molar-refractivity contribution in [1.29, 1.82) is 0 Å². The minimum absolute atomic E-state index is 0.293. The van der Waals surface area contributed by atoms with E-state index in [9.17, 15) is 9.59 Å². The monoisotopic (exact) mass is 238 g/mol. The number of rotatable bonds is 3. The number of ether oxygens (including phenoxy) is 2. The maximum Gasteiger partial charge on any atom is 0.330 e. The van der Waals surface area contributed by atoms with Crippen molar-refractivity contribution in [3.8, 4) is 0 Å². The van der Waals surface area contributed by atoms with E-state index in [1.165, 1.54) is 16.8 Å². The van der Waals surface area contributed by atoms with Crippen LogP contribution in [0.15, 0.2) is 22.4 Å². The van der Waals surface area contributed by atoms with Gasteiger partial charge in [0.1, 0.15) is 0 Å². The topological polar surface area (TPSA) is 73.3 Å². The van der Waals surface area contributed by atoms with E-state index in [-0.39, 0.29) is 6.29 Å². The van der Waals surface area contributed by atoms with Crippen LogP contribution in [0, 0.1) is 0 Å². The molecule has 0 aromatic carbocycles. The first-order chi connectivity index (χ1) is 8.15. The smallest absolute Gasteiger partial charge is 0.330 e. The highest BCUT2D eigenvalue weighted by atomic mass is 16.7. The van der Waals surface area contributed by atoms with Gasteiger partial charge >= 0.3 is 5.69 Å². The summed E-state index contributed by atoms with van der Waals surface area (Å²) in [6.07, 6.45) is 2.74. The number of hydrogen-bond acceptors (Lipinski definition) is 4. The van der Waals surface area contributed by atoms with Gasteiger partial charge in [-0.2, -0.15) is 0 Å². The quantitative estimate of drug-likeness (QED) is 0.830. The van der Waals surface area contributed by atoms with Crippen LogP contribution < -0.4 is 11.2 Å². The zero-order valence-electron chi connectivity index (χ0n) is 9.51. The fraction of sp³-hybridized carbons (Fsp3) is 0.455. The molecule has 0 spiro atoms. The summed E-state index contributed by atoms with van der Waals surface area (Å²) < 4.78 is 12.1. The number of hydrogen-bond donors (Lipinski definition) is 1. The summed E-state index contributed by atoms with van der Waals surface area (Å²) in [6, 6.07) is 0. The van der Waals surface area contributed by atoms with Crippen LogP contribution in [-0.2, 0) is 9.47 Å². The highest BCUT2D eigenvalue weighted by molar-refractivity contribution is 5.43. The number of aromatic nitrogens is 2. The fourth-order valence-electron chi connectivity index (χ4n) is 1.66. The Labute approximate surface area is 97.5 Å². The average molecular weight is 238 g/mol. The predicted molar refractivity (Wildman–Crippen MR) is 61.6 cm³/mol. The van der Waals surface area contributed by atoms with Crippen molar-refractivity contribution in [3.05, 3.63) is 39.2 Å². The molecule has 1 fully saturated rings. The molecule has 2 heterocycles. The summed E-state index contributed by atoms with van der Waals surface area (Å²) in [5, 5.41) is 0. The molecule has 1 saturated heterocycles. The molecule has 0 bridgehead atoms. The van der Waals surface area contributed by atoms with Gasteiger partial charge in [0.15, 0.2) is 12.5 Å². The van der Waals surface area contributed by atoms with Gasteiger partial charge in [0.05, 0.1) is 12.2 Å². The number of nitrogens with zero attached hydrogens (tertiary/aromatic N) is 1. The van der Waals surface area contributed by atoms with Crippen molar-refractivity contribution < 1.29 is 9.47 Å². The SMILES string of the molecule is C=Cc1cn([C@@H]2CO[C@H](CC)O2)c(=O)[nH]c1=O. The van der Waals surface area contributed by atoms with Gasteiger partial charge in [-0.15, -0.1) is 0 Å². The summed E-state index contributed by atoms with van der Waals surface area (Å²) in [7, 11) is 0.